The lowest BCUT2D eigenvalue weighted by Crippen LogP contribution is -2.41. The number of aromatic nitrogens is 10. The number of ether oxygens (including phenoxy) is 2. The summed E-state index contributed by atoms with van der Waals surface area (Å²) in [7, 11) is -7.50. The molecule has 8 heterocycles. The zero-order valence-electron chi connectivity index (χ0n) is 52.7. The predicted octanol–water partition coefficient (Wildman–Crippen LogP) is 10.2. The number of carbonyl (C=O) groups is 2. The van der Waals surface area contributed by atoms with Gasteiger partial charge in [0.15, 0.2) is 11.6 Å². The van der Waals surface area contributed by atoms with Gasteiger partial charge in [0.1, 0.15) is 20.8 Å². The van der Waals surface area contributed by atoms with Crippen molar-refractivity contribution in [1.82, 2.24) is 63.9 Å². The first-order valence-electron chi connectivity index (χ1n) is 29.2. The van der Waals surface area contributed by atoms with Crippen molar-refractivity contribution in [3.63, 3.8) is 0 Å². The van der Waals surface area contributed by atoms with Crippen LogP contribution < -0.4 is 29.1 Å². The Labute approximate surface area is 520 Å². The molecule has 28 heteroatoms. The van der Waals surface area contributed by atoms with Crippen molar-refractivity contribution in [2.45, 2.75) is 177 Å². The summed E-state index contributed by atoms with van der Waals surface area (Å²) in [6.45, 7) is 34.0. The van der Waals surface area contributed by atoms with E-state index in [1.54, 1.807) is 63.2 Å². The van der Waals surface area contributed by atoms with Crippen LogP contribution in [0.15, 0.2) is 71.0 Å². The molecular formula is C58H88Cl2N14O8S2Si2. The second-order valence-electron chi connectivity index (χ2n) is 27.2. The van der Waals surface area contributed by atoms with Crippen LogP contribution >= 0.6 is 24.0 Å². The number of nitrogens with one attached hydrogen (secondary N) is 3. The van der Waals surface area contributed by atoms with Gasteiger partial charge in [0, 0.05) is 68.6 Å². The third-order valence-corrected chi connectivity index (χ3v) is 28.4. The number of hydrogen-bond acceptors (Lipinski definition) is 16. The number of anilines is 1. The van der Waals surface area contributed by atoms with E-state index in [9.17, 15) is 26.4 Å². The number of pyridine rings is 2. The van der Waals surface area contributed by atoms with E-state index in [1.807, 2.05) is 10.8 Å². The van der Waals surface area contributed by atoms with Crippen molar-refractivity contribution >= 4 is 77.8 Å². The Morgan fingerprint density at radius 1 is 0.663 bits per heavy atom. The van der Waals surface area contributed by atoms with Crippen molar-refractivity contribution in [1.29, 1.82) is 0 Å². The summed E-state index contributed by atoms with van der Waals surface area (Å²) in [4.78, 5) is 37.2. The highest BCUT2D eigenvalue weighted by Crippen LogP contribution is 2.64. The highest BCUT2D eigenvalue weighted by Gasteiger charge is 2.53. The Balaban J connectivity index is 0.000000218. The maximum Gasteiger partial charge on any atom is 0.268 e. The minimum Gasteiger partial charge on any atom is -0.477 e. The number of hydrogen-bond donors (Lipinski definition) is 3. The number of nitrogens with zero attached hydrogens (tertiary/aromatic N) is 11. The van der Waals surface area contributed by atoms with Crippen LogP contribution in [-0.4, -0.2) is 131 Å². The summed E-state index contributed by atoms with van der Waals surface area (Å²) < 4.78 is 73.4. The van der Waals surface area contributed by atoms with Crippen LogP contribution in [0.25, 0.3) is 11.6 Å². The quantitative estimate of drug-likeness (QED) is 0.0503. The van der Waals surface area contributed by atoms with Crippen molar-refractivity contribution in [2.75, 3.05) is 31.2 Å². The Bertz CT molecular complexity index is 3660. The van der Waals surface area contributed by atoms with Gasteiger partial charge in [-0.2, -0.15) is 10.2 Å². The van der Waals surface area contributed by atoms with E-state index in [4.69, 9.17) is 26.1 Å². The summed E-state index contributed by atoms with van der Waals surface area (Å²) in [6.07, 6.45) is 15.7. The summed E-state index contributed by atoms with van der Waals surface area (Å²) >= 11 is 6.22. The molecule has 6 aromatic rings. The van der Waals surface area contributed by atoms with Crippen LogP contribution in [0.3, 0.4) is 0 Å². The average molecular weight is 1300 g/mol. The maximum absolute atomic E-state index is 13.5. The van der Waals surface area contributed by atoms with E-state index in [-0.39, 0.29) is 49.7 Å². The predicted molar refractivity (Wildman–Crippen MR) is 342 cm³/mol. The van der Waals surface area contributed by atoms with Crippen molar-refractivity contribution in [3.05, 3.63) is 88.9 Å². The molecule has 0 unspecified atom stereocenters. The molecule has 22 nitrogen and oxygen atoms in total. The van der Waals surface area contributed by atoms with E-state index in [2.05, 4.69) is 121 Å². The minimum atomic E-state index is -4.14. The summed E-state index contributed by atoms with van der Waals surface area (Å²) in [5.41, 5.74) is 0.814. The SMILES string of the molecule is C[C@@H]1CNC(C)(C)C1.Cc1nn(C)cc1S(=O)(=O)NC(=O)c1ccc(-n2ccc(OCCC3([Si](C)(C)C)CC3)n2)nc1Cl.Cc1nn(C)cc1S(=O)(=O)NC(=O)c1ccc(-n2ccc(OCCC3([Si](C)(C)C)CC3)n2)nc1N1C[C@@H](C)CC1(C)C.Cl. The summed E-state index contributed by atoms with van der Waals surface area (Å²) in [6, 6.07) is 9.79. The van der Waals surface area contributed by atoms with Gasteiger partial charge in [0.25, 0.3) is 31.9 Å². The second-order valence-corrected chi connectivity index (χ2v) is 42.0. The highest BCUT2D eigenvalue weighted by atomic mass is 35.5. The van der Waals surface area contributed by atoms with Crippen LogP contribution in [0.4, 0.5) is 5.82 Å². The molecule has 2 atom stereocenters. The molecule has 2 saturated heterocycles. The van der Waals surface area contributed by atoms with Crippen LogP contribution in [0.5, 0.6) is 11.8 Å². The first-order valence-corrected chi connectivity index (χ1v) is 39.5. The standard InChI is InChI=1S/C29H43N7O4SSi.C22H29ClN6O4SSi.C7H15N.ClH/c1-20-17-28(3,4)35(18-20)26-22(27(37)33-41(38,39)23-19-34(5)31-21(23)2)9-10-24(30-26)36-15-11-25(32-36)40-16-14-29(12-13-29)42(6,7)8;1-15-17(14-28(2)25-15)34(31,32)27-21(30)16-6-7-18(24-20(16)23)29-12-8-19(26-29)33-13-11-22(9-10-22)35(3,4)5;1-6-4-7(2,3)8-5-6;/h9-11,15,19-20H,12-14,16-18H2,1-8H3,(H,33,37);6-8,12,14H,9-11,13H2,1-5H3,(H,27,30);6,8H,4-5H2,1-3H3;1H/t20-;;6-;/m0.0./s1. The van der Waals surface area contributed by atoms with Gasteiger partial charge in [-0.25, -0.2) is 45.6 Å². The molecule has 2 aliphatic carbocycles. The lowest BCUT2D eigenvalue weighted by atomic mass is 9.97. The van der Waals surface area contributed by atoms with Crippen LogP contribution in [0.1, 0.15) is 125 Å². The fourth-order valence-electron chi connectivity index (χ4n) is 12.0. The monoisotopic (exact) mass is 1300 g/mol. The molecule has 472 valence electrons. The first-order chi connectivity index (χ1) is 39.4. The molecule has 0 bridgehead atoms. The average Bonchev–Trinajstić information content (AvgIpc) is 1.63. The van der Waals surface area contributed by atoms with Gasteiger partial charge in [-0.1, -0.05) is 64.7 Å². The van der Waals surface area contributed by atoms with Gasteiger partial charge in [-0.3, -0.25) is 19.0 Å². The normalized spacial score (nSPS) is 19.1. The van der Waals surface area contributed by atoms with Gasteiger partial charge in [-0.05, 0) is 146 Å². The number of sulfonamides is 2. The molecule has 2 saturated carbocycles. The molecular weight excluding hydrogens is 1210 g/mol. The van der Waals surface area contributed by atoms with Crippen LogP contribution in [0, 0.1) is 25.7 Å². The molecule has 2 aliphatic heterocycles. The maximum atomic E-state index is 13.5. The Hall–Kier alpha value is -5.65. The van der Waals surface area contributed by atoms with Crippen molar-refractivity contribution in [3.8, 4) is 23.4 Å². The van der Waals surface area contributed by atoms with Crippen LogP contribution in [0.2, 0.25) is 54.5 Å². The van der Waals surface area contributed by atoms with E-state index in [0.717, 1.165) is 25.2 Å². The third kappa shape index (κ3) is 15.8. The van der Waals surface area contributed by atoms with Gasteiger partial charge < -0.3 is 19.7 Å². The second kappa shape index (κ2) is 25.5. The van der Waals surface area contributed by atoms with E-state index < -0.39 is 48.0 Å². The third-order valence-electron chi connectivity index (χ3n) is 17.4. The molecule has 0 spiro atoms. The molecule has 86 heavy (non-hydrogen) atoms. The number of rotatable bonds is 19. The Kier molecular flexibility index (Phi) is 20.1. The number of aryl methyl sites for hydroxylation is 4. The lowest BCUT2D eigenvalue weighted by molar-refractivity contribution is 0.0972. The number of amides is 2. The first kappa shape index (κ1) is 67.9. The largest absolute Gasteiger partial charge is 0.477 e. The minimum absolute atomic E-state index is 0. The van der Waals surface area contributed by atoms with E-state index >= 15 is 0 Å². The molecule has 6 aromatic heterocycles. The molecule has 0 radical (unpaired) electrons. The molecule has 10 rings (SSSR count). The number of halogens is 2. The highest BCUT2D eigenvalue weighted by molar-refractivity contribution is 7.90. The zero-order valence-corrected chi connectivity index (χ0v) is 57.9. The molecule has 3 N–H and O–H groups in total. The van der Waals surface area contributed by atoms with Crippen molar-refractivity contribution < 1.29 is 35.9 Å². The Morgan fingerprint density at radius 3 is 1.45 bits per heavy atom. The lowest BCUT2D eigenvalue weighted by Gasteiger charge is -2.34. The zero-order chi connectivity index (χ0) is 62.5. The molecule has 4 fully saturated rings. The van der Waals surface area contributed by atoms with Crippen molar-refractivity contribution in [2.24, 2.45) is 25.9 Å². The summed E-state index contributed by atoms with van der Waals surface area (Å²) in [5, 5.41) is 21.3. The van der Waals surface area contributed by atoms with Gasteiger partial charge >= 0.3 is 0 Å². The smallest absolute Gasteiger partial charge is 0.268 e. The van der Waals surface area contributed by atoms with Gasteiger partial charge in [-0.15, -0.1) is 22.6 Å². The van der Waals surface area contributed by atoms with Gasteiger partial charge in [0.2, 0.25) is 11.8 Å². The van der Waals surface area contributed by atoms with Gasteiger partial charge in [0.05, 0.1) is 51.9 Å². The van der Waals surface area contributed by atoms with E-state index in [1.165, 1.54) is 77.2 Å². The molecule has 2 amide bonds. The van der Waals surface area contributed by atoms with Crippen LogP contribution in [-0.2, 0) is 34.1 Å². The fourth-order valence-corrected chi connectivity index (χ4v) is 19.6. The topological polar surface area (TPSA) is 257 Å². The molecule has 4 aliphatic rings. The Morgan fingerprint density at radius 2 is 1.10 bits per heavy atom. The summed E-state index contributed by atoms with van der Waals surface area (Å²) in [5.74, 6) is 1.92. The van der Waals surface area contributed by atoms with E-state index in [0.29, 0.717) is 76.2 Å². The fraction of sp³-hybridized carbons (Fsp3) is 0.586. The molecule has 0 aromatic carbocycles. The number of carbonyl (C=O) groups excluding carboxylic acids is 2.